The Morgan fingerprint density at radius 1 is 0.586 bits per heavy atom. The van der Waals surface area contributed by atoms with Crippen LogP contribution in [0.1, 0.15) is 109 Å². The van der Waals surface area contributed by atoms with E-state index in [1.807, 2.05) is 0 Å². The Morgan fingerprint density at radius 3 is 1.66 bits per heavy atom. The second-order valence-corrected chi connectivity index (χ2v) is 10.7. The molecule has 4 heteroatoms. The molecule has 4 rings (SSSR count). The lowest BCUT2D eigenvalue weighted by molar-refractivity contribution is 0.144. The van der Waals surface area contributed by atoms with Gasteiger partial charge in [-0.15, -0.1) is 0 Å². The maximum Gasteiger partial charge on any atom is 0.0488 e. The van der Waals surface area contributed by atoms with Gasteiger partial charge in [-0.05, 0) is 51.4 Å². The zero-order chi connectivity index (χ0) is 19.8. The van der Waals surface area contributed by atoms with Crippen LogP contribution in [0.2, 0.25) is 0 Å². The molecule has 0 unspecified atom stereocenters. The third-order valence-electron chi connectivity index (χ3n) is 8.14. The molecule has 4 fully saturated rings. The standard InChI is InChI=1S/C25H48N4/c1-2-6-12-23(13-7-3-1)28-21-29(19-18-26-24-14-15-24)25(16-17-25)20-27-22-10-8-4-5-9-11-22/h22-24,26-28H,1-21H2. The van der Waals surface area contributed by atoms with Gasteiger partial charge in [-0.2, -0.15) is 0 Å². The third-order valence-corrected chi connectivity index (χ3v) is 8.14. The highest BCUT2D eigenvalue weighted by atomic mass is 15.3. The molecule has 0 saturated heterocycles. The second kappa shape index (κ2) is 11.5. The lowest BCUT2D eigenvalue weighted by Gasteiger charge is -2.35. The van der Waals surface area contributed by atoms with E-state index in [2.05, 4.69) is 20.9 Å². The highest BCUT2D eigenvalue weighted by molar-refractivity contribution is 5.06. The molecule has 0 spiro atoms. The zero-order valence-electron chi connectivity index (χ0n) is 19.0. The average molecular weight is 405 g/mol. The summed E-state index contributed by atoms with van der Waals surface area (Å²) in [5.74, 6) is 0. The van der Waals surface area contributed by atoms with Crippen LogP contribution < -0.4 is 16.0 Å². The molecule has 0 bridgehead atoms. The minimum Gasteiger partial charge on any atom is -0.313 e. The van der Waals surface area contributed by atoms with E-state index in [0.717, 1.165) is 24.8 Å². The predicted molar refractivity (Wildman–Crippen MR) is 123 cm³/mol. The van der Waals surface area contributed by atoms with E-state index in [1.165, 1.54) is 129 Å². The van der Waals surface area contributed by atoms with Crippen LogP contribution in [0.4, 0.5) is 0 Å². The van der Waals surface area contributed by atoms with Crippen LogP contribution >= 0.6 is 0 Å². The minimum atomic E-state index is 0.437. The van der Waals surface area contributed by atoms with Crippen molar-refractivity contribution in [1.82, 2.24) is 20.9 Å². The van der Waals surface area contributed by atoms with Crippen molar-refractivity contribution in [1.29, 1.82) is 0 Å². The molecule has 4 aliphatic rings. The Kier molecular flexibility index (Phi) is 8.71. The Labute approximate surface area is 180 Å². The quantitative estimate of drug-likeness (QED) is 0.349. The van der Waals surface area contributed by atoms with Gasteiger partial charge in [0.05, 0.1) is 0 Å². The van der Waals surface area contributed by atoms with Gasteiger partial charge in [0.1, 0.15) is 0 Å². The summed E-state index contributed by atoms with van der Waals surface area (Å²) in [6.45, 7) is 4.70. The van der Waals surface area contributed by atoms with Gasteiger partial charge < -0.3 is 16.0 Å². The molecule has 29 heavy (non-hydrogen) atoms. The smallest absolute Gasteiger partial charge is 0.0488 e. The lowest BCUT2D eigenvalue weighted by Crippen LogP contribution is -2.53. The van der Waals surface area contributed by atoms with Crippen LogP contribution in [0.3, 0.4) is 0 Å². The summed E-state index contributed by atoms with van der Waals surface area (Å²) in [7, 11) is 0. The molecule has 4 saturated carbocycles. The summed E-state index contributed by atoms with van der Waals surface area (Å²) in [5, 5.41) is 11.8. The normalized spacial score (nSPS) is 26.8. The Morgan fingerprint density at radius 2 is 1.10 bits per heavy atom. The van der Waals surface area contributed by atoms with Gasteiger partial charge in [0.25, 0.3) is 0 Å². The van der Waals surface area contributed by atoms with Gasteiger partial charge in [0.15, 0.2) is 0 Å². The molecule has 0 amide bonds. The fourth-order valence-corrected chi connectivity index (χ4v) is 5.64. The Balaban J connectivity index is 1.27. The molecule has 4 nitrogen and oxygen atoms in total. The van der Waals surface area contributed by atoms with Crippen LogP contribution in [0.25, 0.3) is 0 Å². The SMILES string of the molecule is C1CCCC(NCN(CCNC2CC2)C2(CNC3CCCCCC3)CC2)CCC1. The van der Waals surface area contributed by atoms with Crippen molar-refractivity contribution in [3.63, 3.8) is 0 Å². The van der Waals surface area contributed by atoms with E-state index >= 15 is 0 Å². The number of hydrogen-bond donors (Lipinski definition) is 3. The fourth-order valence-electron chi connectivity index (χ4n) is 5.64. The van der Waals surface area contributed by atoms with Crippen molar-refractivity contribution in [2.45, 2.75) is 133 Å². The average Bonchev–Trinajstić information content (AvgIpc) is 3.60. The van der Waals surface area contributed by atoms with E-state index in [9.17, 15) is 0 Å². The monoisotopic (exact) mass is 404 g/mol. The summed E-state index contributed by atoms with van der Waals surface area (Å²) in [4.78, 5) is 2.82. The van der Waals surface area contributed by atoms with Crippen molar-refractivity contribution in [2.75, 3.05) is 26.3 Å². The van der Waals surface area contributed by atoms with Crippen molar-refractivity contribution >= 4 is 0 Å². The fraction of sp³-hybridized carbons (Fsp3) is 1.00. The van der Waals surface area contributed by atoms with Crippen LogP contribution in [-0.4, -0.2) is 54.9 Å². The largest absolute Gasteiger partial charge is 0.313 e. The molecule has 3 N–H and O–H groups in total. The maximum absolute atomic E-state index is 4.02. The number of rotatable bonds is 11. The van der Waals surface area contributed by atoms with Crippen molar-refractivity contribution < 1.29 is 0 Å². The highest BCUT2D eigenvalue weighted by Crippen LogP contribution is 2.41. The van der Waals surface area contributed by atoms with Crippen molar-refractivity contribution in [3.05, 3.63) is 0 Å². The summed E-state index contributed by atoms with van der Waals surface area (Å²) in [6.07, 6.45) is 24.1. The Hall–Kier alpha value is -0.160. The van der Waals surface area contributed by atoms with Gasteiger partial charge in [0.2, 0.25) is 0 Å². The summed E-state index contributed by atoms with van der Waals surface area (Å²) < 4.78 is 0. The van der Waals surface area contributed by atoms with Gasteiger partial charge in [-0.3, -0.25) is 4.90 Å². The first-order valence-corrected chi connectivity index (χ1v) is 13.3. The lowest BCUT2D eigenvalue weighted by atomic mass is 9.97. The molecule has 0 aliphatic heterocycles. The van der Waals surface area contributed by atoms with Crippen LogP contribution in [0, 0.1) is 0 Å². The summed E-state index contributed by atoms with van der Waals surface area (Å²) in [6, 6.07) is 2.36. The Bertz CT molecular complexity index is 444. The first-order valence-electron chi connectivity index (χ1n) is 13.3. The van der Waals surface area contributed by atoms with Crippen LogP contribution in [0.15, 0.2) is 0 Å². The van der Waals surface area contributed by atoms with E-state index in [1.54, 1.807) is 0 Å². The highest BCUT2D eigenvalue weighted by Gasteiger charge is 2.47. The third kappa shape index (κ3) is 7.48. The number of nitrogens with one attached hydrogen (secondary N) is 3. The predicted octanol–water partition coefficient (Wildman–Crippen LogP) is 4.55. The molecule has 168 valence electrons. The van der Waals surface area contributed by atoms with Crippen LogP contribution in [0.5, 0.6) is 0 Å². The molecular weight excluding hydrogens is 356 g/mol. The first kappa shape index (κ1) is 22.0. The first-order chi connectivity index (χ1) is 14.3. The van der Waals surface area contributed by atoms with E-state index < -0.39 is 0 Å². The van der Waals surface area contributed by atoms with Crippen molar-refractivity contribution in [2.24, 2.45) is 0 Å². The number of nitrogens with zero attached hydrogens (tertiary/aromatic N) is 1. The van der Waals surface area contributed by atoms with Gasteiger partial charge in [-0.1, -0.05) is 57.8 Å². The van der Waals surface area contributed by atoms with Crippen molar-refractivity contribution in [3.8, 4) is 0 Å². The maximum atomic E-state index is 4.02. The summed E-state index contributed by atoms with van der Waals surface area (Å²) in [5.41, 5.74) is 0.437. The molecule has 0 aromatic carbocycles. The topological polar surface area (TPSA) is 39.3 Å². The van der Waals surface area contributed by atoms with E-state index in [4.69, 9.17) is 0 Å². The van der Waals surface area contributed by atoms with Gasteiger partial charge in [-0.25, -0.2) is 0 Å². The second-order valence-electron chi connectivity index (χ2n) is 10.7. The summed E-state index contributed by atoms with van der Waals surface area (Å²) >= 11 is 0. The van der Waals surface area contributed by atoms with E-state index in [0.29, 0.717) is 5.54 Å². The van der Waals surface area contributed by atoms with Gasteiger partial charge in [0, 0.05) is 50.0 Å². The molecule has 0 radical (unpaired) electrons. The number of hydrogen-bond acceptors (Lipinski definition) is 4. The van der Waals surface area contributed by atoms with Gasteiger partial charge >= 0.3 is 0 Å². The molecule has 4 aliphatic carbocycles. The van der Waals surface area contributed by atoms with Crippen LogP contribution in [-0.2, 0) is 0 Å². The minimum absolute atomic E-state index is 0.437. The molecule has 0 aromatic heterocycles. The molecule has 0 aromatic rings. The molecule has 0 heterocycles. The van der Waals surface area contributed by atoms with E-state index in [-0.39, 0.29) is 0 Å². The molecule has 0 atom stereocenters. The zero-order valence-corrected chi connectivity index (χ0v) is 19.0. The molecular formula is C25H48N4.